The molecular weight excluding hydrogens is 218 g/mol. The smallest absolute Gasteiger partial charge is 0.278 e. The van der Waals surface area contributed by atoms with E-state index in [9.17, 15) is 13.6 Å². The zero-order chi connectivity index (χ0) is 11.7. The molecule has 0 saturated carbocycles. The van der Waals surface area contributed by atoms with Crippen LogP contribution in [0.2, 0.25) is 0 Å². The lowest BCUT2D eigenvalue weighted by Crippen LogP contribution is -2.19. The predicted octanol–water partition coefficient (Wildman–Crippen LogP) is 1.02. The molecule has 0 radical (unpaired) electrons. The van der Waals surface area contributed by atoms with E-state index in [0.717, 1.165) is 5.01 Å². The minimum absolute atomic E-state index is 0.292. The predicted molar refractivity (Wildman–Crippen MR) is 54.2 cm³/mol. The SMILES string of the molecule is Nc1cncc(N2N=C(C(F)F)CC2=O)c1. The molecule has 0 fully saturated rings. The van der Waals surface area contributed by atoms with Crippen LogP contribution in [-0.2, 0) is 4.79 Å². The van der Waals surface area contributed by atoms with Crippen molar-refractivity contribution in [1.29, 1.82) is 0 Å². The number of hydrogen-bond acceptors (Lipinski definition) is 4. The molecule has 0 atom stereocenters. The van der Waals surface area contributed by atoms with Crippen LogP contribution in [0.15, 0.2) is 23.6 Å². The number of nitrogens with zero attached hydrogens (tertiary/aromatic N) is 3. The van der Waals surface area contributed by atoms with Crippen LogP contribution in [0.1, 0.15) is 6.42 Å². The van der Waals surface area contributed by atoms with Crippen LogP contribution in [0, 0.1) is 0 Å². The molecule has 1 aliphatic rings. The minimum atomic E-state index is -2.72. The van der Waals surface area contributed by atoms with Crippen LogP contribution in [0.25, 0.3) is 0 Å². The van der Waals surface area contributed by atoms with Crippen LogP contribution in [-0.4, -0.2) is 23.0 Å². The van der Waals surface area contributed by atoms with Crippen molar-refractivity contribution in [3.63, 3.8) is 0 Å². The number of carbonyl (C=O) groups is 1. The highest BCUT2D eigenvalue weighted by atomic mass is 19.3. The lowest BCUT2D eigenvalue weighted by molar-refractivity contribution is -0.117. The van der Waals surface area contributed by atoms with Crippen molar-refractivity contribution >= 4 is 23.0 Å². The fourth-order valence-electron chi connectivity index (χ4n) is 1.33. The molecule has 16 heavy (non-hydrogen) atoms. The van der Waals surface area contributed by atoms with Crippen molar-refractivity contribution in [3.8, 4) is 0 Å². The summed E-state index contributed by atoms with van der Waals surface area (Å²) in [6, 6.07) is 1.45. The van der Waals surface area contributed by atoms with Crippen LogP contribution < -0.4 is 10.7 Å². The summed E-state index contributed by atoms with van der Waals surface area (Å²) in [5, 5.41) is 4.43. The van der Waals surface area contributed by atoms with Crippen LogP contribution in [0.4, 0.5) is 20.2 Å². The summed E-state index contributed by atoms with van der Waals surface area (Å²) in [6.45, 7) is 0. The van der Waals surface area contributed by atoms with Gasteiger partial charge in [0.1, 0.15) is 5.71 Å². The first kappa shape index (κ1) is 10.5. The summed E-state index contributed by atoms with van der Waals surface area (Å²) in [5.41, 5.74) is 5.66. The van der Waals surface area contributed by atoms with Gasteiger partial charge in [0.15, 0.2) is 0 Å². The Morgan fingerprint density at radius 3 is 2.75 bits per heavy atom. The van der Waals surface area contributed by atoms with Gasteiger partial charge in [0.25, 0.3) is 12.3 Å². The van der Waals surface area contributed by atoms with E-state index in [1.807, 2.05) is 0 Å². The van der Waals surface area contributed by atoms with E-state index >= 15 is 0 Å². The van der Waals surface area contributed by atoms with E-state index in [2.05, 4.69) is 10.1 Å². The Labute approximate surface area is 89.6 Å². The molecule has 0 spiro atoms. The first-order valence-electron chi connectivity index (χ1n) is 4.47. The summed E-state index contributed by atoms with van der Waals surface area (Å²) in [5.74, 6) is -0.511. The molecule has 1 aliphatic heterocycles. The summed E-state index contributed by atoms with van der Waals surface area (Å²) in [7, 11) is 0. The second kappa shape index (κ2) is 3.84. The Balaban J connectivity index is 2.31. The van der Waals surface area contributed by atoms with E-state index in [1.54, 1.807) is 0 Å². The van der Waals surface area contributed by atoms with Crippen molar-refractivity contribution in [2.24, 2.45) is 5.10 Å². The number of nitrogens with two attached hydrogens (primary N) is 1. The summed E-state index contributed by atoms with van der Waals surface area (Å²) >= 11 is 0. The number of halogens is 2. The molecule has 1 aromatic rings. The quantitative estimate of drug-likeness (QED) is 0.818. The Hall–Kier alpha value is -2.05. The van der Waals surface area contributed by atoms with Gasteiger partial charge in [-0.1, -0.05) is 0 Å². The first-order valence-corrected chi connectivity index (χ1v) is 4.47. The van der Waals surface area contributed by atoms with Gasteiger partial charge >= 0.3 is 0 Å². The third-order valence-electron chi connectivity index (χ3n) is 2.04. The van der Waals surface area contributed by atoms with Gasteiger partial charge in [-0.25, -0.2) is 8.78 Å². The van der Waals surface area contributed by atoms with Gasteiger partial charge < -0.3 is 5.73 Å². The number of nitrogen functional groups attached to an aromatic ring is 1. The number of carbonyl (C=O) groups excluding carboxylic acids is 1. The molecule has 2 heterocycles. The van der Waals surface area contributed by atoms with Crippen LogP contribution >= 0.6 is 0 Å². The van der Waals surface area contributed by atoms with Gasteiger partial charge in [0, 0.05) is 6.20 Å². The first-order chi connectivity index (χ1) is 7.58. The van der Waals surface area contributed by atoms with E-state index in [1.165, 1.54) is 18.5 Å². The van der Waals surface area contributed by atoms with E-state index in [0.29, 0.717) is 11.4 Å². The van der Waals surface area contributed by atoms with Crippen molar-refractivity contribution < 1.29 is 13.6 Å². The fraction of sp³-hybridized carbons (Fsp3) is 0.222. The molecule has 7 heteroatoms. The van der Waals surface area contributed by atoms with Crippen molar-refractivity contribution in [2.75, 3.05) is 10.7 Å². The van der Waals surface area contributed by atoms with Gasteiger partial charge in [0.2, 0.25) is 0 Å². The molecule has 1 aromatic heterocycles. The van der Waals surface area contributed by atoms with Gasteiger partial charge in [-0.15, -0.1) is 0 Å². The highest BCUT2D eigenvalue weighted by Gasteiger charge is 2.30. The average molecular weight is 226 g/mol. The number of amides is 1. The monoisotopic (exact) mass is 226 g/mol. The number of hydrazone groups is 1. The van der Waals surface area contributed by atoms with E-state index in [4.69, 9.17) is 5.73 Å². The molecule has 0 aliphatic carbocycles. The Bertz CT molecular complexity index is 461. The molecule has 2 rings (SSSR count). The minimum Gasteiger partial charge on any atom is -0.397 e. The van der Waals surface area contributed by atoms with E-state index < -0.39 is 18.0 Å². The lowest BCUT2D eigenvalue weighted by atomic mass is 10.3. The third kappa shape index (κ3) is 1.83. The zero-order valence-corrected chi connectivity index (χ0v) is 8.10. The molecule has 0 unspecified atom stereocenters. The number of alkyl halides is 2. The normalized spacial score (nSPS) is 15.8. The molecule has 0 bridgehead atoms. The highest BCUT2D eigenvalue weighted by Crippen LogP contribution is 2.22. The van der Waals surface area contributed by atoms with Gasteiger partial charge in [-0.05, 0) is 6.07 Å². The van der Waals surface area contributed by atoms with Crippen molar-refractivity contribution in [3.05, 3.63) is 18.5 Å². The van der Waals surface area contributed by atoms with E-state index in [-0.39, 0.29) is 6.42 Å². The Morgan fingerprint density at radius 2 is 2.19 bits per heavy atom. The highest BCUT2D eigenvalue weighted by molar-refractivity contribution is 6.14. The third-order valence-corrected chi connectivity index (χ3v) is 2.04. The topological polar surface area (TPSA) is 71.6 Å². The van der Waals surface area contributed by atoms with Gasteiger partial charge in [0.05, 0.1) is 24.0 Å². The van der Waals surface area contributed by atoms with Gasteiger partial charge in [-0.3, -0.25) is 9.78 Å². The maximum absolute atomic E-state index is 12.3. The molecule has 2 N–H and O–H groups in total. The number of rotatable bonds is 2. The van der Waals surface area contributed by atoms with Crippen molar-refractivity contribution in [2.45, 2.75) is 12.8 Å². The Kier molecular flexibility index (Phi) is 2.51. The molecule has 5 nitrogen and oxygen atoms in total. The largest absolute Gasteiger partial charge is 0.397 e. The molecule has 0 saturated heterocycles. The number of hydrogen-bond donors (Lipinski definition) is 1. The summed E-state index contributed by atoms with van der Waals surface area (Å²) < 4.78 is 24.7. The second-order valence-electron chi connectivity index (χ2n) is 3.25. The van der Waals surface area contributed by atoms with Crippen LogP contribution in [0.5, 0.6) is 0 Å². The number of aromatic nitrogens is 1. The number of pyridine rings is 1. The lowest BCUT2D eigenvalue weighted by Gasteiger charge is -2.10. The average Bonchev–Trinajstić information content (AvgIpc) is 2.60. The second-order valence-corrected chi connectivity index (χ2v) is 3.25. The maximum atomic E-state index is 12.3. The maximum Gasteiger partial charge on any atom is 0.278 e. The van der Waals surface area contributed by atoms with Crippen LogP contribution in [0.3, 0.4) is 0 Å². The van der Waals surface area contributed by atoms with Gasteiger partial charge in [-0.2, -0.15) is 10.1 Å². The Morgan fingerprint density at radius 1 is 1.44 bits per heavy atom. The van der Waals surface area contributed by atoms with Crippen molar-refractivity contribution in [1.82, 2.24) is 4.98 Å². The summed E-state index contributed by atoms with van der Waals surface area (Å²) in [4.78, 5) is 15.2. The molecular formula is C9H8F2N4O. The molecule has 1 amide bonds. The number of anilines is 2. The summed E-state index contributed by atoms with van der Waals surface area (Å²) in [6.07, 6.45) is -0.358. The standard InChI is InChI=1S/C9H8F2N4O/c10-9(11)7-2-8(16)15(14-7)6-1-5(12)3-13-4-6/h1,3-4,9H,2,12H2. The molecule has 0 aromatic carbocycles. The fourth-order valence-corrected chi connectivity index (χ4v) is 1.33. The molecule has 84 valence electrons. The zero-order valence-electron chi connectivity index (χ0n) is 8.10.